The van der Waals surface area contributed by atoms with Crippen LogP contribution in [0.3, 0.4) is 0 Å². The van der Waals surface area contributed by atoms with E-state index in [4.69, 9.17) is 16.3 Å². The summed E-state index contributed by atoms with van der Waals surface area (Å²) in [5, 5.41) is 0.151. The number of amides is 1. The molecule has 1 fully saturated rings. The average molecular weight is 437 g/mol. The van der Waals surface area contributed by atoms with Gasteiger partial charge in [-0.05, 0) is 43.2 Å². The number of methoxy groups -OCH3 is 1. The van der Waals surface area contributed by atoms with Crippen molar-refractivity contribution in [2.75, 3.05) is 24.9 Å². The highest BCUT2D eigenvalue weighted by molar-refractivity contribution is 7.92. The second kappa shape index (κ2) is 8.84. The second-order valence-corrected chi connectivity index (χ2v) is 8.79. The molecule has 1 amide bonds. The standard InChI is InChI=1S/C20H21ClN2O5S/c1-28-20(25)14-9-11-23(12-10-14)19(24)17-8-7-15(13-18(17)21)22-29(26,27)16-5-3-2-4-6-16/h2-8,13-14,22H,9-12H2,1H3. The molecule has 1 aliphatic rings. The largest absolute Gasteiger partial charge is 0.469 e. The Balaban J connectivity index is 1.70. The number of anilines is 1. The lowest BCUT2D eigenvalue weighted by Gasteiger charge is -2.31. The number of ether oxygens (including phenoxy) is 1. The molecule has 0 bridgehead atoms. The highest BCUT2D eigenvalue weighted by atomic mass is 35.5. The molecule has 1 aliphatic heterocycles. The van der Waals surface area contributed by atoms with Gasteiger partial charge in [-0.1, -0.05) is 29.8 Å². The van der Waals surface area contributed by atoms with Gasteiger partial charge >= 0.3 is 5.97 Å². The number of hydrogen-bond acceptors (Lipinski definition) is 5. The highest BCUT2D eigenvalue weighted by Gasteiger charge is 2.29. The fourth-order valence-electron chi connectivity index (χ4n) is 3.22. The van der Waals surface area contributed by atoms with Gasteiger partial charge in [-0.3, -0.25) is 14.3 Å². The van der Waals surface area contributed by atoms with Crippen molar-refractivity contribution in [1.29, 1.82) is 0 Å². The van der Waals surface area contributed by atoms with Gasteiger partial charge in [0.25, 0.3) is 15.9 Å². The number of nitrogens with one attached hydrogen (secondary N) is 1. The fourth-order valence-corrected chi connectivity index (χ4v) is 4.55. The van der Waals surface area contributed by atoms with E-state index in [9.17, 15) is 18.0 Å². The van der Waals surface area contributed by atoms with Crippen molar-refractivity contribution < 1.29 is 22.7 Å². The number of carbonyl (C=O) groups excluding carboxylic acids is 2. The van der Waals surface area contributed by atoms with Gasteiger partial charge < -0.3 is 9.64 Å². The zero-order valence-corrected chi connectivity index (χ0v) is 17.4. The third-order valence-corrected chi connectivity index (χ3v) is 6.53. The summed E-state index contributed by atoms with van der Waals surface area (Å²) >= 11 is 6.26. The van der Waals surface area contributed by atoms with E-state index in [1.54, 1.807) is 23.1 Å². The van der Waals surface area contributed by atoms with Crippen LogP contribution in [0.1, 0.15) is 23.2 Å². The number of nitrogens with zero attached hydrogens (tertiary/aromatic N) is 1. The van der Waals surface area contributed by atoms with Crippen molar-refractivity contribution in [3.05, 3.63) is 59.1 Å². The molecule has 9 heteroatoms. The monoisotopic (exact) mass is 436 g/mol. The van der Waals surface area contributed by atoms with Crippen LogP contribution >= 0.6 is 11.6 Å². The number of likely N-dealkylation sites (tertiary alicyclic amines) is 1. The van der Waals surface area contributed by atoms with Crippen LogP contribution in [-0.2, 0) is 19.6 Å². The minimum absolute atomic E-state index is 0.129. The van der Waals surface area contributed by atoms with Gasteiger partial charge in [-0.2, -0.15) is 0 Å². The average Bonchev–Trinajstić information content (AvgIpc) is 2.73. The van der Waals surface area contributed by atoms with Gasteiger partial charge in [0.2, 0.25) is 0 Å². The SMILES string of the molecule is COC(=O)C1CCN(C(=O)c2ccc(NS(=O)(=O)c3ccccc3)cc2Cl)CC1. The lowest BCUT2D eigenvalue weighted by Crippen LogP contribution is -2.40. The van der Waals surface area contributed by atoms with E-state index in [1.807, 2.05) is 0 Å². The lowest BCUT2D eigenvalue weighted by atomic mass is 9.96. The maximum Gasteiger partial charge on any atom is 0.308 e. The molecule has 0 saturated carbocycles. The molecule has 29 heavy (non-hydrogen) atoms. The third-order valence-electron chi connectivity index (χ3n) is 4.82. The van der Waals surface area contributed by atoms with Crippen LogP contribution in [0.25, 0.3) is 0 Å². The van der Waals surface area contributed by atoms with E-state index >= 15 is 0 Å². The lowest BCUT2D eigenvalue weighted by molar-refractivity contribution is -0.146. The summed E-state index contributed by atoms with van der Waals surface area (Å²) in [6.45, 7) is 0.856. The Morgan fingerprint density at radius 3 is 2.34 bits per heavy atom. The van der Waals surface area contributed by atoms with Crippen LogP contribution in [0.4, 0.5) is 5.69 Å². The maximum absolute atomic E-state index is 12.8. The number of rotatable bonds is 5. The van der Waals surface area contributed by atoms with Crippen molar-refractivity contribution >= 4 is 39.2 Å². The molecule has 1 heterocycles. The molecule has 0 atom stereocenters. The molecule has 1 N–H and O–H groups in total. The Kier molecular flexibility index (Phi) is 6.44. The topological polar surface area (TPSA) is 92.8 Å². The van der Waals surface area contributed by atoms with Crippen LogP contribution in [-0.4, -0.2) is 45.4 Å². The number of sulfonamides is 1. The summed E-state index contributed by atoms with van der Waals surface area (Å²) in [7, 11) is -2.39. The summed E-state index contributed by atoms with van der Waals surface area (Å²) in [4.78, 5) is 26.2. The first-order chi connectivity index (χ1) is 13.8. The molecule has 2 aromatic carbocycles. The summed E-state index contributed by atoms with van der Waals surface area (Å²) in [5.74, 6) is -0.713. The van der Waals surface area contributed by atoms with E-state index in [1.165, 1.54) is 37.4 Å². The molecule has 3 rings (SSSR count). The van der Waals surface area contributed by atoms with Gasteiger partial charge in [0, 0.05) is 13.1 Å². The Labute approximate surface area is 174 Å². The van der Waals surface area contributed by atoms with Crippen molar-refractivity contribution in [1.82, 2.24) is 4.90 Å². The molecule has 154 valence electrons. The minimum Gasteiger partial charge on any atom is -0.469 e. The van der Waals surface area contributed by atoms with Crippen molar-refractivity contribution in [2.24, 2.45) is 5.92 Å². The predicted octanol–water partition coefficient (Wildman–Crippen LogP) is 3.17. The van der Waals surface area contributed by atoms with Crippen molar-refractivity contribution in [2.45, 2.75) is 17.7 Å². The first-order valence-corrected chi connectivity index (χ1v) is 10.9. The van der Waals surface area contributed by atoms with Gasteiger partial charge in [0.15, 0.2) is 0 Å². The Bertz CT molecular complexity index is 1000. The van der Waals surface area contributed by atoms with E-state index in [2.05, 4.69) is 4.72 Å². The molecule has 0 spiro atoms. The number of piperidine rings is 1. The van der Waals surface area contributed by atoms with Crippen LogP contribution in [0.15, 0.2) is 53.4 Å². The molecule has 0 aliphatic carbocycles. The molecule has 0 radical (unpaired) electrons. The molecule has 1 saturated heterocycles. The summed E-state index contributed by atoms with van der Waals surface area (Å²) < 4.78 is 32.1. The maximum atomic E-state index is 12.8. The number of carbonyl (C=O) groups is 2. The zero-order chi connectivity index (χ0) is 21.0. The number of benzene rings is 2. The highest BCUT2D eigenvalue weighted by Crippen LogP contribution is 2.26. The normalized spacial score (nSPS) is 15.0. The van der Waals surface area contributed by atoms with Crippen LogP contribution < -0.4 is 4.72 Å². The Morgan fingerprint density at radius 1 is 1.10 bits per heavy atom. The first kappa shape index (κ1) is 21.1. The zero-order valence-electron chi connectivity index (χ0n) is 15.8. The first-order valence-electron chi connectivity index (χ1n) is 9.06. The van der Waals surface area contributed by atoms with E-state index < -0.39 is 10.0 Å². The second-order valence-electron chi connectivity index (χ2n) is 6.70. The van der Waals surface area contributed by atoms with E-state index in [0.717, 1.165) is 0 Å². The quantitative estimate of drug-likeness (QED) is 0.726. The third kappa shape index (κ3) is 4.89. The summed E-state index contributed by atoms with van der Waals surface area (Å²) in [6, 6.07) is 12.4. The van der Waals surface area contributed by atoms with E-state index in [-0.39, 0.29) is 39.0 Å². The van der Waals surface area contributed by atoms with Crippen molar-refractivity contribution in [3.8, 4) is 0 Å². The number of halogens is 1. The smallest absolute Gasteiger partial charge is 0.308 e. The van der Waals surface area contributed by atoms with Gasteiger partial charge in [0.1, 0.15) is 0 Å². The summed E-state index contributed by atoms with van der Waals surface area (Å²) in [5.41, 5.74) is 0.547. The van der Waals surface area contributed by atoms with E-state index in [0.29, 0.717) is 25.9 Å². The molecule has 2 aromatic rings. The predicted molar refractivity (Wildman–Crippen MR) is 109 cm³/mol. The molecule has 7 nitrogen and oxygen atoms in total. The summed E-state index contributed by atoms with van der Waals surface area (Å²) in [6.07, 6.45) is 1.07. The minimum atomic E-state index is -3.75. The van der Waals surface area contributed by atoms with Crippen LogP contribution in [0.5, 0.6) is 0 Å². The Hall–Kier alpha value is -2.58. The van der Waals surface area contributed by atoms with Gasteiger partial charge in [0.05, 0.1) is 34.2 Å². The van der Waals surface area contributed by atoms with Gasteiger partial charge in [-0.25, -0.2) is 8.42 Å². The van der Waals surface area contributed by atoms with Crippen molar-refractivity contribution in [3.63, 3.8) is 0 Å². The fraction of sp³-hybridized carbons (Fsp3) is 0.300. The van der Waals surface area contributed by atoms with Crippen LogP contribution in [0, 0.1) is 5.92 Å². The van der Waals surface area contributed by atoms with Crippen LogP contribution in [0.2, 0.25) is 5.02 Å². The number of hydrogen-bond donors (Lipinski definition) is 1. The van der Waals surface area contributed by atoms with Gasteiger partial charge in [-0.15, -0.1) is 0 Å². The number of esters is 1. The molecule has 0 aromatic heterocycles. The Morgan fingerprint density at radius 2 is 1.76 bits per heavy atom. The molecular formula is C20H21ClN2O5S. The molecule has 0 unspecified atom stereocenters. The molecular weight excluding hydrogens is 416 g/mol.